The highest BCUT2D eigenvalue weighted by Gasteiger charge is 2.31. The number of nitrogens with zero attached hydrogens (tertiary/aromatic N) is 3. The summed E-state index contributed by atoms with van der Waals surface area (Å²) in [7, 11) is -2.37. The zero-order valence-electron chi connectivity index (χ0n) is 16.4. The summed E-state index contributed by atoms with van der Waals surface area (Å²) in [5, 5.41) is 5.15. The van der Waals surface area contributed by atoms with Crippen molar-refractivity contribution in [1.29, 1.82) is 0 Å². The number of hydrogen-bond donors (Lipinski definition) is 1. The fourth-order valence-electron chi connectivity index (χ4n) is 3.60. The van der Waals surface area contributed by atoms with E-state index in [9.17, 15) is 13.2 Å². The molecule has 10 heteroatoms. The highest BCUT2D eigenvalue weighted by molar-refractivity contribution is 7.87. The second-order valence-electron chi connectivity index (χ2n) is 6.91. The SMILES string of the molecule is CCCC(Cc1c(C)nn(C)c1-n1ccc2ccc(Cl)cc21)S(=O)(=O)OC(N)=O. The first-order valence-corrected chi connectivity index (χ1v) is 11.0. The lowest BCUT2D eigenvalue weighted by atomic mass is 10.1. The van der Waals surface area contributed by atoms with Crippen LogP contribution < -0.4 is 5.73 Å². The lowest BCUT2D eigenvalue weighted by Crippen LogP contribution is -2.30. The zero-order chi connectivity index (χ0) is 21.3. The molecule has 0 fully saturated rings. The molecule has 0 aliphatic rings. The van der Waals surface area contributed by atoms with Gasteiger partial charge in [-0.3, -0.25) is 4.68 Å². The minimum Gasteiger partial charge on any atom is -0.334 e. The van der Waals surface area contributed by atoms with Gasteiger partial charge in [0.1, 0.15) is 11.1 Å². The fourth-order valence-corrected chi connectivity index (χ4v) is 5.02. The normalized spacial score (nSPS) is 13.0. The largest absolute Gasteiger partial charge is 0.420 e. The van der Waals surface area contributed by atoms with Gasteiger partial charge in [0.15, 0.2) is 0 Å². The summed E-state index contributed by atoms with van der Waals surface area (Å²) in [6.07, 6.45) is 1.62. The monoisotopic (exact) mass is 438 g/mol. The van der Waals surface area contributed by atoms with Crippen molar-refractivity contribution < 1.29 is 17.4 Å². The Morgan fingerprint density at radius 2 is 2.07 bits per heavy atom. The van der Waals surface area contributed by atoms with E-state index < -0.39 is 21.5 Å². The summed E-state index contributed by atoms with van der Waals surface area (Å²) in [5.74, 6) is 0.732. The van der Waals surface area contributed by atoms with Crippen molar-refractivity contribution in [1.82, 2.24) is 14.3 Å². The molecule has 1 unspecified atom stereocenters. The van der Waals surface area contributed by atoms with E-state index in [1.807, 2.05) is 48.9 Å². The van der Waals surface area contributed by atoms with Crippen LogP contribution in [0.25, 0.3) is 16.7 Å². The molecule has 0 aliphatic heterocycles. The van der Waals surface area contributed by atoms with Crippen LogP contribution in [0.15, 0.2) is 30.5 Å². The average molecular weight is 439 g/mol. The Labute approximate surface area is 174 Å². The predicted molar refractivity (Wildman–Crippen MR) is 112 cm³/mol. The molecule has 29 heavy (non-hydrogen) atoms. The summed E-state index contributed by atoms with van der Waals surface area (Å²) in [6.45, 7) is 3.69. The number of hydrogen-bond acceptors (Lipinski definition) is 5. The second-order valence-corrected chi connectivity index (χ2v) is 9.17. The first-order valence-electron chi connectivity index (χ1n) is 9.16. The summed E-state index contributed by atoms with van der Waals surface area (Å²) >= 11 is 6.18. The molecule has 1 atom stereocenters. The van der Waals surface area contributed by atoms with E-state index >= 15 is 0 Å². The van der Waals surface area contributed by atoms with E-state index in [1.165, 1.54) is 0 Å². The lowest BCUT2D eigenvalue weighted by molar-refractivity contribution is 0.211. The molecular formula is C19H23ClN4O4S. The van der Waals surface area contributed by atoms with Gasteiger partial charge in [-0.2, -0.15) is 13.5 Å². The van der Waals surface area contributed by atoms with E-state index in [1.54, 1.807) is 11.7 Å². The first kappa shape index (κ1) is 21.2. The summed E-state index contributed by atoms with van der Waals surface area (Å²) in [5.41, 5.74) is 7.28. The maximum absolute atomic E-state index is 12.5. The van der Waals surface area contributed by atoms with Crippen LogP contribution in [0.1, 0.15) is 31.0 Å². The molecule has 3 rings (SSSR count). The number of primary amides is 1. The molecule has 3 aromatic rings. The second kappa shape index (κ2) is 8.08. The maximum Gasteiger partial charge on any atom is 0.420 e. The zero-order valence-corrected chi connectivity index (χ0v) is 18.0. The summed E-state index contributed by atoms with van der Waals surface area (Å²) in [4.78, 5) is 11.1. The highest BCUT2D eigenvalue weighted by atomic mass is 35.5. The molecule has 0 bridgehead atoms. The van der Waals surface area contributed by atoms with Crippen LogP contribution in [0.5, 0.6) is 0 Å². The summed E-state index contributed by atoms with van der Waals surface area (Å²) in [6, 6.07) is 7.53. The molecule has 156 valence electrons. The third kappa shape index (κ3) is 4.25. The third-order valence-corrected chi connectivity index (χ3v) is 6.70. The number of rotatable bonds is 7. The van der Waals surface area contributed by atoms with Crippen molar-refractivity contribution in [2.45, 2.75) is 38.4 Å². The quantitative estimate of drug-likeness (QED) is 0.568. The van der Waals surface area contributed by atoms with Crippen LogP contribution in [0.2, 0.25) is 5.02 Å². The highest BCUT2D eigenvalue weighted by Crippen LogP contribution is 2.29. The van der Waals surface area contributed by atoms with Crippen LogP contribution in [-0.2, 0) is 27.8 Å². The van der Waals surface area contributed by atoms with Crippen molar-refractivity contribution in [3.8, 4) is 5.82 Å². The van der Waals surface area contributed by atoms with E-state index in [0.717, 1.165) is 22.3 Å². The van der Waals surface area contributed by atoms with Gasteiger partial charge in [-0.15, -0.1) is 0 Å². The number of aryl methyl sites for hydroxylation is 2. The molecule has 1 aromatic carbocycles. The van der Waals surface area contributed by atoms with Crippen LogP contribution in [0.4, 0.5) is 4.79 Å². The first-order chi connectivity index (χ1) is 13.6. The number of benzene rings is 1. The topological polar surface area (TPSA) is 109 Å². The van der Waals surface area contributed by atoms with E-state index in [0.29, 0.717) is 23.6 Å². The predicted octanol–water partition coefficient (Wildman–Crippen LogP) is 3.46. The van der Waals surface area contributed by atoms with Gasteiger partial charge in [0.25, 0.3) is 0 Å². The van der Waals surface area contributed by atoms with Gasteiger partial charge in [-0.05, 0) is 38.0 Å². The number of halogens is 1. The molecular weight excluding hydrogens is 416 g/mol. The molecule has 2 N–H and O–H groups in total. The van der Waals surface area contributed by atoms with Gasteiger partial charge >= 0.3 is 16.2 Å². The van der Waals surface area contributed by atoms with Crippen molar-refractivity contribution in [3.63, 3.8) is 0 Å². The Kier molecular flexibility index (Phi) is 5.90. The van der Waals surface area contributed by atoms with Gasteiger partial charge in [-0.1, -0.05) is 31.0 Å². The van der Waals surface area contributed by atoms with Crippen LogP contribution in [0, 0.1) is 6.92 Å². The van der Waals surface area contributed by atoms with Crippen LogP contribution in [-0.4, -0.2) is 34.1 Å². The molecule has 1 amide bonds. The number of carbonyl (C=O) groups is 1. The number of amides is 1. The Hall–Kier alpha value is -2.52. The molecule has 0 radical (unpaired) electrons. The molecule has 8 nitrogen and oxygen atoms in total. The lowest BCUT2D eigenvalue weighted by Gasteiger charge is -2.17. The standard InChI is InChI=1S/C19H23ClN4O4S/c1-4-5-15(29(26,27)28-19(21)25)11-16-12(2)22-23(3)18(16)24-9-8-13-6-7-14(20)10-17(13)24/h6-10,15H,4-5,11H2,1-3H3,(H2,21,25). The molecule has 0 saturated carbocycles. The van der Waals surface area contributed by atoms with Crippen LogP contribution >= 0.6 is 11.6 Å². The Morgan fingerprint density at radius 3 is 2.72 bits per heavy atom. The minimum absolute atomic E-state index is 0.138. The molecule has 0 saturated heterocycles. The minimum atomic E-state index is -4.17. The average Bonchev–Trinajstić information content (AvgIpc) is 3.13. The van der Waals surface area contributed by atoms with E-state index in [2.05, 4.69) is 9.28 Å². The maximum atomic E-state index is 12.5. The van der Waals surface area contributed by atoms with Gasteiger partial charge in [0, 0.05) is 29.2 Å². The van der Waals surface area contributed by atoms with Gasteiger partial charge < -0.3 is 14.5 Å². The van der Waals surface area contributed by atoms with E-state index in [-0.39, 0.29) is 6.42 Å². The Balaban J connectivity index is 2.11. The molecule has 2 heterocycles. The van der Waals surface area contributed by atoms with E-state index in [4.69, 9.17) is 17.3 Å². The van der Waals surface area contributed by atoms with Crippen molar-refractivity contribution in [3.05, 3.63) is 46.7 Å². The van der Waals surface area contributed by atoms with Gasteiger partial charge in [0.2, 0.25) is 0 Å². The van der Waals surface area contributed by atoms with Gasteiger partial charge in [-0.25, -0.2) is 4.79 Å². The Bertz CT molecular complexity index is 1170. The Morgan fingerprint density at radius 1 is 1.34 bits per heavy atom. The van der Waals surface area contributed by atoms with Gasteiger partial charge in [0.05, 0.1) is 11.2 Å². The smallest absolute Gasteiger partial charge is 0.334 e. The van der Waals surface area contributed by atoms with Crippen molar-refractivity contribution in [2.75, 3.05) is 0 Å². The fraction of sp³-hybridized carbons (Fsp3) is 0.368. The summed E-state index contributed by atoms with van der Waals surface area (Å²) < 4.78 is 33.2. The third-order valence-electron chi connectivity index (χ3n) is 4.85. The van der Waals surface area contributed by atoms with Crippen molar-refractivity contribution >= 4 is 38.7 Å². The van der Waals surface area contributed by atoms with Crippen molar-refractivity contribution in [2.24, 2.45) is 12.8 Å². The number of fused-ring (bicyclic) bond motifs is 1. The number of nitrogens with two attached hydrogens (primary N) is 1. The molecule has 0 spiro atoms. The molecule has 0 aliphatic carbocycles. The van der Waals surface area contributed by atoms with Crippen LogP contribution in [0.3, 0.4) is 0 Å². The number of aromatic nitrogens is 3. The number of carbonyl (C=O) groups excluding carboxylic acids is 1. The molecule has 2 aromatic heterocycles.